The zero-order valence-electron chi connectivity index (χ0n) is 15.3. The molecule has 3 heterocycles. The van der Waals surface area contributed by atoms with E-state index < -0.39 is 0 Å². The summed E-state index contributed by atoms with van der Waals surface area (Å²) < 4.78 is 0. The Morgan fingerprint density at radius 2 is 1.64 bits per heavy atom. The second-order valence-corrected chi connectivity index (χ2v) is 7.66. The maximum Gasteiger partial charge on any atom is 0.227 e. The lowest BCUT2D eigenvalue weighted by Crippen LogP contribution is -2.51. The van der Waals surface area contributed by atoms with Crippen molar-refractivity contribution in [1.29, 1.82) is 0 Å². The molecule has 4 rings (SSSR count). The van der Waals surface area contributed by atoms with Crippen LogP contribution in [0.25, 0.3) is 0 Å². The van der Waals surface area contributed by atoms with Gasteiger partial charge < -0.3 is 14.7 Å². The van der Waals surface area contributed by atoms with E-state index in [1.165, 1.54) is 25.7 Å². The molecule has 0 atom stereocenters. The minimum absolute atomic E-state index is 0.304. The van der Waals surface area contributed by atoms with E-state index in [1.807, 2.05) is 0 Å². The Labute approximate surface area is 150 Å². The Morgan fingerprint density at radius 1 is 0.920 bits per heavy atom. The molecule has 6 heteroatoms. The summed E-state index contributed by atoms with van der Waals surface area (Å²) in [5.74, 6) is 2.57. The van der Waals surface area contributed by atoms with Gasteiger partial charge in [-0.15, -0.1) is 0 Å². The van der Waals surface area contributed by atoms with E-state index in [9.17, 15) is 4.79 Å². The van der Waals surface area contributed by atoms with E-state index >= 15 is 0 Å². The first-order valence-electron chi connectivity index (χ1n) is 9.85. The minimum Gasteiger partial charge on any atom is -0.353 e. The summed E-state index contributed by atoms with van der Waals surface area (Å²) in [6.07, 6.45) is 7.16. The van der Waals surface area contributed by atoms with Crippen LogP contribution in [0, 0.1) is 12.8 Å². The Kier molecular flexibility index (Phi) is 4.77. The lowest BCUT2D eigenvalue weighted by Gasteiger charge is -2.39. The van der Waals surface area contributed by atoms with Gasteiger partial charge in [0.25, 0.3) is 0 Å². The summed E-state index contributed by atoms with van der Waals surface area (Å²) in [6.45, 7) is 7.55. The predicted octanol–water partition coefficient (Wildman–Crippen LogP) is 2.22. The minimum atomic E-state index is 0.304. The molecule has 1 aromatic heterocycles. The SMILES string of the molecule is Cc1cc(N2CCN(C(=O)C3CCC3)CC2)nc(N2CCCCC2)n1. The van der Waals surface area contributed by atoms with E-state index in [2.05, 4.69) is 32.7 Å². The van der Waals surface area contributed by atoms with Crippen molar-refractivity contribution < 1.29 is 4.79 Å². The van der Waals surface area contributed by atoms with Gasteiger partial charge in [-0.3, -0.25) is 4.79 Å². The summed E-state index contributed by atoms with van der Waals surface area (Å²) in [5, 5.41) is 0. The number of hydrogen-bond acceptors (Lipinski definition) is 5. The van der Waals surface area contributed by atoms with Crippen LogP contribution >= 0.6 is 0 Å². The number of piperazine rings is 1. The first-order chi connectivity index (χ1) is 12.2. The second-order valence-electron chi connectivity index (χ2n) is 7.66. The maximum atomic E-state index is 12.4. The van der Waals surface area contributed by atoms with Crippen LogP contribution in [0.2, 0.25) is 0 Å². The number of aromatic nitrogens is 2. The van der Waals surface area contributed by atoms with E-state index in [4.69, 9.17) is 4.98 Å². The fraction of sp³-hybridized carbons (Fsp3) is 0.737. The van der Waals surface area contributed by atoms with Crippen LogP contribution in [-0.4, -0.2) is 60.0 Å². The van der Waals surface area contributed by atoms with E-state index in [-0.39, 0.29) is 0 Å². The Balaban J connectivity index is 1.41. The zero-order valence-corrected chi connectivity index (χ0v) is 15.3. The molecule has 1 amide bonds. The number of carbonyl (C=O) groups excluding carboxylic acids is 1. The monoisotopic (exact) mass is 343 g/mol. The third-order valence-electron chi connectivity index (χ3n) is 5.84. The zero-order chi connectivity index (χ0) is 17.2. The summed E-state index contributed by atoms with van der Waals surface area (Å²) in [4.78, 5) is 28.6. The molecule has 0 aromatic carbocycles. The molecule has 0 radical (unpaired) electrons. The molecule has 0 unspecified atom stereocenters. The molecule has 6 nitrogen and oxygen atoms in total. The van der Waals surface area contributed by atoms with Crippen molar-refractivity contribution in [1.82, 2.24) is 14.9 Å². The van der Waals surface area contributed by atoms with Gasteiger partial charge in [0, 0.05) is 56.9 Å². The van der Waals surface area contributed by atoms with Crippen molar-refractivity contribution in [3.8, 4) is 0 Å². The number of aryl methyl sites for hydroxylation is 1. The smallest absolute Gasteiger partial charge is 0.227 e. The largest absolute Gasteiger partial charge is 0.353 e. The molecule has 2 saturated heterocycles. The molecule has 3 aliphatic rings. The molecule has 1 saturated carbocycles. The van der Waals surface area contributed by atoms with Crippen molar-refractivity contribution >= 4 is 17.7 Å². The lowest BCUT2D eigenvalue weighted by atomic mass is 9.84. The number of hydrogen-bond donors (Lipinski definition) is 0. The maximum absolute atomic E-state index is 12.4. The van der Waals surface area contributed by atoms with Crippen LogP contribution in [0.15, 0.2) is 6.07 Å². The van der Waals surface area contributed by atoms with Crippen LogP contribution in [-0.2, 0) is 4.79 Å². The highest BCUT2D eigenvalue weighted by Crippen LogP contribution is 2.29. The van der Waals surface area contributed by atoms with Gasteiger partial charge in [-0.25, -0.2) is 4.98 Å². The first-order valence-corrected chi connectivity index (χ1v) is 9.85. The Morgan fingerprint density at radius 3 is 2.28 bits per heavy atom. The van der Waals surface area contributed by atoms with Crippen molar-refractivity contribution in [2.24, 2.45) is 5.92 Å². The fourth-order valence-corrected chi connectivity index (χ4v) is 4.00. The average molecular weight is 343 g/mol. The number of amides is 1. The first kappa shape index (κ1) is 16.6. The number of rotatable bonds is 3. The van der Waals surface area contributed by atoms with E-state index in [0.29, 0.717) is 11.8 Å². The summed E-state index contributed by atoms with van der Waals surface area (Å²) in [5.41, 5.74) is 1.03. The van der Waals surface area contributed by atoms with Crippen LogP contribution in [0.1, 0.15) is 44.2 Å². The summed E-state index contributed by atoms with van der Waals surface area (Å²) in [7, 11) is 0. The van der Waals surface area contributed by atoms with Gasteiger partial charge in [0.1, 0.15) is 5.82 Å². The van der Waals surface area contributed by atoms with Crippen LogP contribution in [0.4, 0.5) is 11.8 Å². The normalized spacial score (nSPS) is 22.0. The quantitative estimate of drug-likeness (QED) is 0.842. The summed E-state index contributed by atoms with van der Waals surface area (Å²) >= 11 is 0. The van der Waals surface area contributed by atoms with Crippen molar-refractivity contribution in [2.45, 2.75) is 45.4 Å². The number of nitrogens with zero attached hydrogens (tertiary/aromatic N) is 5. The number of carbonyl (C=O) groups is 1. The second kappa shape index (κ2) is 7.18. The van der Waals surface area contributed by atoms with Crippen molar-refractivity contribution in [2.75, 3.05) is 49.1 Å². The van der Waals surface area contributed by atoms with Gasteiger partial charge in [0.15, 0.2) is 0 Å². The molecule has 25 heavy (non-hydrogen) atoms. The molecule has 1 aliphatic carbocycles. The van der Waals surface area contributed by atoms with Crippen LogP contribution in [0.5, 0.6) is 0 Å². The molecule has 0 bridgehead atoms. The highest BCUT2D eigenvalue weighted by atomic mass is 16.2. The molecule has 0 spiro atoms. The molecule has 136 valence electrons. The van der Waals surface area contributed by atoms with Crippen molar-refractivity contribution in [3.63, 3.8) is 0 Å². The third kappa shape index (κ3) is 3.58. The summed E-state index contributed by atoms with van der Waals surface area (Å²) in [6, 6.07) is 2.08. The van der Waals surface area contributed by atoms with E-state index in [1.54, 1.807) is 0 Å². The molecule has 0 N–H and O–H groups in total. The molecule has 1 aromatic rings. The number of anilines is 2. The van der Waals surface area contributed by atoms with E-state index in [0.717, 1.165) is 69.6 Å². The Hall–Kier alpha value is -1.85. The van der Waals surface area contributed by atoms with Crippen LogP contribution < -0.4 is 9.80 Å². The average Bonchev–Trinajstić information content (AvgIpc) is 2.60. The van der Waals surface area contributed by atoms with Crippen LogP contribution in [0.3, 0.4) is 0 Å². The molecular weight excluding hydrogens is 314 g/mol. The van der Waals surface area contributed by atoms with Gasteiger partial charge >= 0.3 is 0 Å². The third-order valence-corrected chi connectivity index (χ3v) is 5.84. The van der Waals surface area contributed by atoms with Gasteiger partial charge in [-0.05, 0) is 39.0 Å². The topological polar surface area (TPSA) is 52.6 Å². The lowest BCUT2D eigenvalue weighted by molar-refractivity contribution is -0.138. The molecule has 3 fully saturated rings. The standard InChI is InChI=1S/C19H29N5O/c1-15-14-17(21-19(20-15)24-8-3-2-4-9-24)22-10-12-23(13-11-22)18(25)16-6-5-7-16/h14,16H,2-13H2,1H3. The fourth-order valence-electron chi connectivity index (χ4n) is 4.00. The molecule has 2 aliphatic heterocycles. The highest BCUT2D eigenvalue weighted by molar-refractivity contribution is 5.79. The number of piperidine rings is 1. The van der Waals surface area contributed by atoms with Gasteiger partial charge in [-0.2, -0.15) is 4.98 Å². The predicted molar refractivity (Wildman–Crippen MR) is 99.0 cm³/mol. The van der Waals surface area contributed by atoms with Gasteiger partial charge in [0.05, 0.1) is 0 Å². The van der Waals surface area contributed by atoms with Gasteiger partial charge in [-0.1, -0.05) is 6.42 Å². The van der Waals surface area contributed by atoms with Gasteiger partial charge in [0.2, 0.25) is 11.9 Å². The van der Waals surface area contributed by atoms with Crippen molar-refractivity contribution in [3.05, 3.63) is 11.8 Å². The highest BCUT2D eigenvalue weighted by Gasteiger charge is 2.31. The molecular formula is C19H29N5O. The Bertz CT molecular complexity index is 616.